The predicted molar refractivity (Wildman–Crippen MR) is 122 cm³/mol. The molecule has 30 heavy (non-hydrogen) atoms. The smallest absolute Gasteiger partial charge is 0.241 e. The summed E-state index contributed by atoms with van der Waals surface area (Å²) in [7, 11) is -0.429. The van der Waals surface area contributed by atoms with Crippen molar-refractivity contribution >= 4 is 16.6 Å². The highest BCUT2D eigenvalue weighted by Crippen LogP contribution is 2.72. The lowest BCUT2D eigenvalue weighted by molar-refractivity contribution is -0.119. The van der Waals surface area contributed by atoms with Crippen molar-refractivity contribution in [1.82, 2.24) is 0 Å². The van der Waals surface area contributed by atoms with Crippen LogP contribution in [0.5, 0.6) is 0 Å². The number of ether oxygens (including phenoxy) is 4. The van der Waals surface area contributed by atoms with Crippen molar-refractivity contribution in [1.29, 1.82) is 0 Å². The molecule has 2 fully saturated rings. The highest BCUT2D eigenvalue weighted by atomic mass is 28.4. The van der Waals surface area contributed by atoms with Crippen LogP contribution >= 0.6 is 0 Å². The first-order chi connectivity index (χ1) is 13.8. The standard InChI is InChI=1S/C22H42O6Si2/c1-21-15-11-18(26-14-24-4)22(2,16(15)12-17(21)25-13-23-3)20(28-30(8,9)10)19(21)27-29(5,6)7/h15-18H,11-14H2,1-10H3/t15-,16-,17+,18+,21-,22+/m0/s1. The normalized spacial score (nSPS) is 38.3. The summed E-state index contributed by atoms with van der Waals surface area (Å²) in [6, 6.07) is 0. The molecule has 3 aliphatic rings. The Morgan fingerprint density at radius 3 is 1.30 bits per heavy atom. The number of rotatable bonds is 10. The molecule has 0 aliphatic heterocycles. The van der Waals surface area contributed by atoms with E-state index in [4.69, 9.17) is 27.8 Å². The number of hydrogen-bond acceptors (Lipinski definition) is 6. The van der Waals surface area contributed by atoms with Crippen LogP contribution in [-0.2, 0) is 27.8 Å². The molecule has 0 unspecified atom stereocenters. The van der Waals surface area contributed by atoms with E-state index in [0.717, 1.165) is 24.4 Å². The van der Waals surface area contributed by atoms with Gasteiger partial charge in [-0.05, 0) is 77.8 Å². The van der Waals surface area contributed by atoms with E-state index >= 15 is 0 Å². The Labute approximate surface area is 184 Å². The van der Waals surface area contributed by atoms with Gasteiger partial charge in [-0.2, -0.15) is 0 Å². The minimum Gasteiger partial charge on any atom is -0.544 e. The Morgan fingerprint density at radius 1 is 0.700 bits per heavy atom. The molecule has 3 aliphatic carbocycles. The van der Waals surface area contributed by atoms with Gasteiger partial charge >= 0.3 is 0 Å². The molecule has 0 heterocycles. The number of methoxy groups -OCH3 is 2. The van der Waals surface area contributed by atoms with Gasteiger partial charge in [0.1, 0.15) is 25.1 Å². The van der Waals surface area contributed by atoms with Gasteiger partial charge in [-0.3, -0.25) is 0 Å². The second-order valence-corrected chi connectivity index (χ2v) is 20.3. The van der Waals surface area contributed by atoms with Gasteiger partial charge in [0.2, 0.25) is 16.6 Å². The average Bonchev–Trinajstić information content (AvgIpc) is 3.01. The summed E-state index contributed by atoms with van der Waals surface area (Å²) in [5.74, 6) is 2.89. The molecule has 8 heteroatoms. The third-order valence-corrected chi connectivity index (χ3v) is 8.71. The molecule has 2 saturated carbocycles. The van der Waals surface area contributed by atoms with Crippen LogP contribution in [0.3, 0.4) is 0 Å². The third kappa shape index (κ3) is 4.04. The second kappa shape index (κ2) is 8.19. The first-order valence-corrected chi connectivity index (χ1v) is 17.9. The zero-order valence-corrected chi connectivity index (χ0v) is 22.6. The van der Waals surface area contributed by atoms with E-state index in [1.165, 1.54) is 0 Å². The van der Waals surface area contributed by atoms with Gasteiger partial charge < -0.3 is 27.8 Å². The summed E-state index contributed by atoms with van der Waals surface area (Å²) in [5, 5.41) is 0. The van der Waals surface area contributed by atoms with Gasteiger partial charge in [-0.15, -0.1) is 0 Å². The van der Waals surface area contributed by atoms with Gasteiger partial charge in [-0.25, -0.2) is 0 Å². The molecule has 174 valence electrons. The lowest BCUT2D eigenvalue weighted by Crippen LogP contribution is -2.47. The topological polar surface area (TPSA) is 55.4 Å². The zero-order valence-electron chi connectivity index (χ0n) is 20.6. The molecule has 0 spiro atoms. The summed E-state index contributed by atoms with van der Waals surface area (Å²) >= 11 is 0. The minimum atomic E-state index is -1.90. The first kappa shape index (κ1) is 24.3. The quantitative estimate of drug-likeness (QED) is 0.341. The van der Waals surface area contributed by atoms with Crippen molar-refractivity contribution < 1.29 is 27.8 Å². The summed E-state index contributed by atoms with van der Waals surface area (Å²) in [4.78, 5) is 0. The Hall–Kier alpha value is -0.386. The predicted octanol–water partition coefficient (Wildman–Crippen LogP) is 4.95. The Morgan fingerprint density at radius 2 is 1.03 bits per heavy atom. The summed E-state index contributed by atoms with van der Waals surface area (Å²) < 4.78 is 36.9. The summed E-state index contributed by atoms with van der Waals surface area (Å²) in [6.45, 7) is 18.7. The maximum absolute atomic E-state index is 6.89. The third-order valence-electron chi connectivity index (χ3n) is 7.08. The molecule has 6 atom stereocenters. The van der Waals surface area contributed by atoms with E-state index in [0.29, 0.717) is 25.4 Å². The van der Waals surface area contributed by atoms with Gasteiger partial charge in [-0.1, -0.05) is 0 Å². The van der Waals surface area contributed by atoms with Gasteiger partial charge in [0.15, 0.2) is 0 Å². The fraction of sp³-hybridized carbons (Fsp3) is 0.909. The van der Waals surface area contributed by atoms with E-state index < -0.39 is 16.6 Å². The highest BCUT2D eigenvalue weighted by molar-refractivity contribution is 6.70. The van der Waals surface area contributed by atoms with Crippen LogP contribution in [0, 0.1) is 22.7 Å². The van der Waals surface area contributed by atoms with Crippen LogP contribution in [0.25, 0.3) is 0 Å². The molecule has 0 N–H and O–H groups in total. The summed E-state index contributed by atoms with van der Waals surface area (Å²) in [5.41, 5.74) is -0.494. The van der Waals surface area contributed by atoms with Crippen molar-refractivity contribution in [3.05, 3.63) is 11.5 Å². The summed E-state index contributed by atoms with van der Waals surface area (Å²) in [6.07, 6.45) is 2.02. The molecule has 0 aromatic rings. The van der Waals surface area contributed by atoms with Crippen molar-refractivity contribution in [3.8, 4) is 0 Å². The number of hydrogen-bond donors (Lipinski definition) is 0. The van der Waals surface area contributed by atoms with E-state index in [2.05, 4.69) is 53.1 Å². The van der Waals surface area contributed by atoms with Crippen LogP contribution in [0.1, 0.15) is 26.7 Å². The molecule has 0 saturated heterocycles. The minimum absolute atomic E-state index is 0.0456. The molecule has 0 aromatic heterocycles. The molecule has 0 radical (unpaired) electrons. The van der Waals surface area contributed by atoms with Crippen molar-refractivity contribution in [2.45, 2.75) is 78.2 Å². The van der Waals surface area contributed by atoms with Crippen LogP contribution in [0.2, 0.25) is 39.3 Å². The highest BCUT2D eigenvalue weighted by Gasteiger charge is 2.73. The average molecular weight is 459 g/mol. The van der Waals surface area contributed by atoms with Crippen molar-refractivity contribution in [2.24, 2.45) is 22.7 Å². The van der Waals surface area contributed by atoms with Crippen LogP contribution < -0.4 is 0 Å². The van der Waals surface area contributed by atoms with Gasteiger partial charge in [0.05, 0.1) is 23.0 Å². The lowest BCUT2D eigenvalue weighted by Gasteiger charge is -2.48. The molecular formula is C22H42O6Si2. The molecule has 4 bridgehead atoms. The monoisotopic (exact) mass is 458 g/mol. The van der Waals surface area contributed by atoms with E-state index in [-0.39, 0.29) is 23.0 Å². The maximum Gasteiger partial charge on any atom is 0.241 e. The fourth-order valence-corrected chi connectivity index (χ4v) is 7.76. The first-order valence-electron chi connectivity index (χ1n) is 11.1. The molecular weight excluding hydrogens is 416 g/mol. The van der Waals surface area contributed by atoms with E-state index in [1.54, 1.807) is 14.2 Å². The zero-order chi connectivity index (χ0) is 22.5. The van der Waals surface area contributed by atoms with E-state index in [9.17, 15) is 0 Å². The van der Waals surface area contributed by atoms with Crippen LogP contribution in [-0.4, -0.2) is 56.6 Å². The lowest BCUT2D eigenvalue weighted by atomic mass is 9.66. The van der Waals surface area contributed by atoms with Gasteiger partial charge in [0, 0.05) is 14.2 Å². The Bertz CT molecular complexity index is 614. The largest absolute Gasteiger partial charge is 0.544 e. The van der Waals surface area contributed by atoms with Crippen molar-refractivity contribution in [3.63, 3.8) is 0 Å². The molecule has 3 rings (SSSR count). The Kier molecular flexibility index (Phi) is 6.62. The maximum atomic E-state index is 6.89. The molecule has 0 aromatic carbocycles. The Balaban J connectivity index is 2.17. The fourth-order valence-electron chi connectivity index (χ4n) is 5.91. The second-order valence-electron chi connectivity index (χ2n) is 11.5. The molecule has 0 amide bonds. The van der Waals surface area contributed by atoms with Crippen molar-refractivity contribution in [2.75, 3.05) is 27.8 Å². The molecule has 6 nitrogen and oxygen atoms in total. The van der Waals surface area contributed by atoms with Gasteiger partial charge in [0.25, 0.3) is 0 Å². The van der Waals surface area contributed by atoms with Crippen LogP contribution in [0.4, 0.5) is 0 Å². The SMILES string of the molecule is COCO[C@@H]1C[C@H]2[C@@H]3C[C@@H](OCOC)[C@@]2(C)C(O[Si](C)(C)C)=C(O[Si](C)(C)C)[C@@]13C. The van der Waals surface area contributed by atoms with Crippen LogP contribution in [0.15, 0.2) is 11.5 Å². The van der Waals surface area contributed by atoms with E-state index in [1.807, 2.05) is 0 Å².